The lowest BCUT2D eigenvalue weighted by Gasteiger charge is -2.44. The number of hydrogen-bond donors (Lipinski definition) is 0. The van der Waals surface area contributed by atoms with Crippen molar-refractivity contribution in [2.24, 2.45) is 0 Å². The summed E-state index contributed by atoms with van der Waals surface area (Å²) in [6, 6.07) is 0.877. The summed E-state index contributed by atoms with van der Waals surface area (Å²) in [5, 5.41) is 0. The van der Waals surface area contributed by atoms with Gasteiger partial charge in [0.05, 0.1) is 0 Å². The molecule has 1 unspecified atom stereocenters. The van der Waals surface area contributed by atoms with Crippen LogP contribution in [0.2, 0.25) is 0 Å². The van der Waals surface area contributed by atoms with Gasteiger partial charge >= 0.3 is 0 Å². The average molecular weight is 225 g/mol. The summed E-state index contributed by atoms with van der Waals surface area (Å²) in [5.41, 5.74) is 0. The minimum atomic E-state index is 0.877. The van der Waals surface area contributed by atoms with Gasteiger partial charge in [-0.1, -0.05) is 6.42 Å². The van der Waals surface area contributed by atoms with Crippen LogP contribution in [0.4, 0.5) is 0 Å². The van der Waals surface area contributed by atoms with Crippen molar-refractivity contribution in [2.75, 3.05) is 53.4 Å². The Labute approximate surface area is 100 Å². The highest BCUT2D eigenvalue weighted by Crippen LogP contribution is 2.20. The molecular weight excluding hydrogens is 198 g/mol. The van der Waals surface area contributed by atoms with Gasteiger partial charge in [-0.05, 0) is 53.0 Å². The zero-order valence-electron chi connectivity index (χ0n) is 11.0. The molecule has 0 aromatic heterocycles. The van der Waals surface area contributed by atoms with Crippen LogP contribution in [-0.2, 0) is 0 Å². The van der Waals surface area contributed by atoms with E-state index in [0.717, 1.165) is 6.04 Å². The van der Waals surface area contributed by atoms with Gasteiger partial charge in [0.1, 0.15) is 0 Å². The highest BCUT2D eigenvalue weighted by molar-refractivity contribution is 4.84. The second-order valence-corrected chi connectivity index (χ2v) is 5.64. The molecule has 2 aliphatic heterocycles. The van der Waals surface area contributed by atoms with Crippen molar-refractivity contribution < 1.29 is 0 Å². The average Bonchev–Trinajstić information content (AvgIpc) is 2.28. The van der Waals surface area contributed by atoms with Crippen LogP contribution in [0, 0.1) is 0 Å². The lowest BCUT2D eigenvalue weighted by Crippen LogP contribution is -2.54. The van der Waals surface area contributed by atoms with E-state index in [-0.39, 0.29) is 0 Å². The van der Waals surface area contributed by atoms with E-state index in [1.54, 1.807) is 0 Å². The van der Waals surface area contributed by atoms with Gasteiger partial charge in [0.2, 0.25) is 0 Å². The molecule has 94 valence electrons. The maximum atomic E-state index is 2.71. The van der Waals surface area contributed by atoms with Crippen molar-refractivity contribution in [1.29, 1.82) is 0 Å². The van der Waals surface area contributed by atoms with Crippen LogP contribution in [-0.4, -0.2) is 74.1 Å². The molecular formula is C13H27N3. The van der Waals surface area contributed by atoms with Crippen molar-refractivity contribution in [1.82, 2.24) is 14.7 Å². The Morgan fingerprint density at radius 3 is 2.81 bits per heavy atom. The fraction of sp³-hybridized carbons (Fsp3) is 1.00. The highest BCUT2D eigenvalue weighted by Gasteiger charge is 2.28. The maximum Gasteiger partial charge on any atom is 0.0223 e. The zero-order valence-corrected chi connectivity index (χ0v) is 11.0. The fourth-order valence-corrected chi connectivity index (χ4v) is 3.03. The molecule has 0 N–H and O–H groups in total. The topological polar surface area (TPSA) is 9.72 Å². The number of piperidine rings is 1. The summed E-state index contributed by atoms with van der Waals surface area (Å²) in [6.45, 7) is 7.81. The Bertz CT molecular complexity index is 205. The molecule has 0 spiro atoms. The molecule has 3 heteroatoms. The highest BCUT2D eigenvalue weighted by atomic mass is 15.3. The largest absolute Gasteiger partial charge is 0.309 e. The summed E-state index contributed by atoms with van der Waals surface area (Å²) in [5.74, 6) is 0. The minimum absolute atomic E-state index is 0.877. The summed E-state index contributed by atoms with van der Waals surface area (Å²) in [6.07, 6.45) is 5.63. The number of fused-ring (bicyclic) bond motifs is 1. The Hall–Kier alpha value is -0.120. The van der Waals surface area contributed by atoms with Gasteiger partial charge in [0.25, 0.3) is 0 Å². The Balaban J connectivity index is 1.68. The maximum absolute atomic E-state index is 2.71. The van der Waals surface area contributed by atoms with Crippen LogP contribution in [0.1, 0.15) is 25.7 Å². The molecule has 3 nitrogen and oxygen atoms in total. The lowest BCUT2D eigenvalue weighted by atomic mass is 9.99. The molecule has 0 aromatic carbocycles. The predicted molar refractivity (Wildman–Crippen MR) is 68.8 cm³/mol. The van der Waals surface area contributed by atoms with E-state index in [1.807, 2.05) is 0 Å². The van der Waals surface area contributed by atoms with E-state index >= 15 is 0 Å². The first-order valence-electron chi connectivity index (χ1n) is 6.87. The molecule has 16 heavy (non-hydrogen) atoms. The molecule has 0 aromatic rings. The lowest BCUT2D eigenvalue weighted by molar-refractivity contribution is 0.0481. The Morgan fingerprint density at radius 2 is 2.00 bits per heavy atom. The molecule has 0 saturated carbocycles. The van der Waals surface area contributed by atoms with Crippen molar-refractivity contribution >= 4 is 0 Å². The molecule has 2 rings (SSSR count). The van der Waals surface area contributed by atoms with E-state index in [1.165, 1.54) is 65.0 Å². The molecule has 0 amide bonds. The first-order valence-corrected chi connectivity index (χ1v) is 6.87. The molecule has 2 heterocycles. The van der Waals surface area contributed by atoms with E-state index in [9.17, 15) is 0 Å². The zero-order chi connectivity index (χ0) is 11.4. The van der Waals surface area contributed by atoms with E-state index in [4.69, 9.17) is 0 Å². The molecule has 2 aliphatic rings. The second-order valence-electron chi connectivity index (χ2n) is 5.64. The van der Waals surface area contributed by atoms with E-state index in [2.05, 4.69) is 28.8 Å². The van der Waals surface area contributed by atoms with E-state index in [0.29, 0.717) is 0 Å². The standard InChI is InChI=1S/C13H27N3/c1-14(2)7-5-8-15-10-11-16-9-4-3-6-13(16)12-15/h13H,3-12H2,1-2H3. The summed E-state index contributed by atoms with van der Waals surface area (Å²) >= 11 is 0. The third-order valence-electron chi connectivity index (χ3n) is 4.00. The smallest absolute Gasteiger partial charge is 0.0223 e. The van der Waals surface area contributed by atoms with Gasteiger partial charge in [0, 0.05) is 25.7 Å². The van der Waals surface area contributed by atoms with Gasteiger partial charge < -0.3 is 9.80 Å². The number of hydrogen-bond acceptors (Lipinski definition) is 3. The number of rotatable bonds is 4. The summed E-state index contributed by atoms with van der Waals surface area (Å²) < 4.78 is 0. The van der Waals surface area contributed by atoms with Crippen LogP contribution in [0.5, 0.6) is 0 Å². The van der Waals surface area contributed by atoms with Crippen LogP contribution in [0.15, 0.2) is 0 Å². The number of nitrogens with zero attached hydrogens (tertiary/aromatic N) is 3. The Kier molecular flexibility index (Phi) is 4.62. The third kappa shape index (κ3) is 3.44. The van der Waals surface area contributed by atoms with Gasteiger partial charge in [-0.25, -0.2) is 0 Å². The van der Waals surface area contributed by atoms with Crippen LogP contribution in [0.25, 0.3) is 0 Å². The third-order valence-corrected chi connectivity index (χ3v) is 4.00. The fourth-order valence-electron chi connectivity index (χ4n) is 3.03. The van der Waals surface area contributed by atoms with Crippen LogP contribution in [0.3, 0.4) is 0 Å². The van der Waals surface area contributed by atoms with E-state index < -0.39 is 0 Å². The molecule has 0 aliphatic carbocycles. The van der Waals surface area contributed by atoms with Gasteiger partial charge in [0.15, 0.2) is 0 Å². The second kappa shape index (κ2) is 5.99. The first-order chi connectivity index (χ1) is 7.75. The molecule has 2 saturated heterocycles. The molecule has 2 fully saturated rings. The Morgan fingerprint density at radius 1 is 1.12 bits per heavy atom. The molecule has 1 atom stereocenters. The predicted octanol–water partition coefficient (Wildman–Crippen LogP) is 1.11. The van der Waals surface area contributed by atoms with Crippen molar-refractivity contribution in [3.8, 4) is 0 Å². The SMILES string of the molecule is CN(C)CCCN1CCN2CCCCC2C1. The minimum Gasteiger partial charge on any atom is -0.309 e. The monoisotopic (exact) mass is 225 g/mol. The number of piperazine rings is 1. The van der Waals surface area contributed by atoms with Crippen molar-refractivity contribution in [3.63, 3.8) is 0 Å². The van der Waals surface area contributed by atoms with Gasteiger partial charge in [-0.15, -0.1) is 0 Å². The first kappa shape index (κ1) is 12.3. The van der Waals surface area contributed by atoms with Crippen LogP contribution < -0.4 is 0 Å². The van der Waals surface area contributed by atoms with Crippen molar-refractivity contribution in [2.45, 2.75) is 31.7 Å². The quantitative estimate of drug-likeness (QED) is 0.709. The van der Waals surface area contributed by atoms with Gasteiger partial charge in [-0.2, -0.15) is 0 Å². The molecule has 0 radical (unpaired) electrons. The normalized spacial score (nSPS) is 28.3. The summed E-state index contributed by atoms with van der Waals surface area (Å²) in [4.78, 5) is 7.68. The summed E-state index contributed by atoms with van der Waals surface area (Å²) in [7, 11) is 4.33. The van der Waals surface area contributed by atoms with Crippen molar-refractivity contribution in [3.05, 3.63) is 0 Å². The molecule has 0 bridgehead atoms. The van der Waals surface area contributed by atoms with Crippen LogP contribution >= 0.6 is 0 Å². The van der Waals surface area contributed by atoms with Gasteiger partial charge in [-0.3, -0.25) is 4.90 Å².